The summed E-state index contributed by atoms with van der Waals surface area (Å²) in [4.78, 5) is 0. The first-order valence-electron chi connectivity index (χ1n) is 7.03. The van der Waals surface area contributed by atoms with Crippen LogP contribution in [0.2, 0.25) is 0 Å². The Morgan fingerprint density at radius 1 is 0.952 bits per heavy atom. The molecule has 2 nitrogen and oxygen atoms in total. The van der Waals surface area contributed by atoms with E-state index in [0.717, 1.165) is 32.8 Å². The molecule has 0 heterocycles. The molecule has 0 amide bonds. The standard InChI is InChI=1S/C18H22BrNO/c1-11-9-17(14(19)10-15(11)20)21-16-7-6-13(8-12(16)2)18(3,4)5/h6-10H,20H2,1-5H3. The molecule has 0 saturated carbocycles. The van der Waals surface area contributed by atoms with Crippen LogP contribution in [0.25, 0.3) is 0 Å². The number of hydrogen-bond donors (Lipinski definition) is 1. The van der Waals surface area contributed by atoms with Gasteiger partial charge in [0, 0.05) is 5.69 Å². The highest BCUT2D eigenvalue weighted by Crippen LogP contribution is 2.35. The molecule has 0 fully saturated rings. The summed E-state index contributed by atoms with van der Waals surface area (Å²) in [6.45, 7) is 10.7. The number of anilines is 1. The summed E-state index contributed by atoms with van der Waals surface area (Å²) >= 11 is 3.50. The number of nitrogen functional groups attached to an aromatic ring is 1. The molecule has 3 heteroatoms. The molecule has 2 aromatic carbocycles. The minimum atomic E-state index is 0.141. The van der Waals surface area contributed by atoms with Gasteiger partial charge >= 0.3 is 0 Å². The van der Waals surface area contributed by atoms with Crippen LogP contribution in [0.1, 0.15) is 37.5 Å². The lowest BCUT2D eigenvalue weighted by atomic mass is 9.86. The van der Waals surface area contributed by atoms with Crippen molar-refractivity contribution in [3.8, 4) is 11.5 Å². The van der Waals surface area contributed by atoms with Gasteiger partial charge in [-0.05, 0) is 70.1 Å². The first kappa shape index (κ1) is 15.9. The number of aryl methyl sites for hydroxylation is 2. The summed E-state index contributed by atoms with van der Waals surface area (Å²) in [5, 5.41) is 0. The molecule has 0 aliphatic heterocycles. The Hall–Kier alpha value is -1.48. The zero-order chi connectivity index (χ0) is 15.8. The molecule has 0 aromatic heterocycles. The number of rotatable bonds is 2. The van der Waals surface area contributed by atoms with Gasteiger partial charge in [-0.1, -0.05) is 32.9 Å². The average Bonchev–Trinajstić information content (AvgIpc) is 2.36. The fourth-order valence-electron chi connectivity index (χ4n) is 2.10. The Bertz CT molecular complexity index is 672. The molecule has 0 unspecified atom stereocenters. The van der Waals surface area contributed by atoms with Gasteiger partial charge in [0.1, 0.15) is 11.5 Å². The maximum absolute atomic E-state index is 6.04. The van der Waals surface area contributed by atoms with Gasteiger partial charge in [0.2, 0.25) is 0 Å². The summed E-state index contributed by atoms with van der Waals surface area (Å²) in [6, 6.07) is 10.2. The summed E-state index contributed by atoms with van der Waals surface area (Å²) in [7, 11) is 0. The van der Waals surface area contributed by atoms with Crippen LogP contribution in [0.4, 0.5) is 5.69 Å². The topological polar surface area (TPSA) is 35.2 Å². The van der Waals surface area contributed by atoms with Crippen LogP contribution in [0.15, 0.2) is 34.8 Å². The Labute approximate surface area is 135 Å². The lowest BCUT2D eigenvalue weighted by Gasteiger charge is -2.21. The molecule has 0 spiro atoms. The van der Waals surface area contributed by atoms with Crippen molar-refractivity contribution in [3.63, 3.8) is 0 Å². The van der Waals surface area contributed by atoms with E-state index < -0.39 is 0 Å². The van der Waals surface area contributed by atoms with Crippen molar-refractivity contribution in [3.05, 3.63) is 51.5 Å². The third-order valence-electron chi connectivity index (χ3n) is 3.58. The second-order valence-electron chi connectivity index (χ2n) is 6.47. The van der Waals surface area contributed by atoms with Gasteiger partial charge in [-0.3, -0.25) is 0 Å². The average molecular weight is 348 g/mol. The molecular weight excluding hydrogens is 326 g/mol. The van der Waals surface area contributed by atoms with E-state index in [0.29, 0.717) is 0 Å². The van der Waals surface area contributed by atoms with E-state index >= 15 is 0 Å². The van der Waals surface area contributed by atoms with E-state index in [-0.39, 0.29) is 5.41 Å². The van der Waals surface area contributed by atoms with E-state index in [1.807, 2.05) is 25.1 Å². The molecule has 112 valence electrons. The number of hydrogen-bond acceptors (Lipinski definition) is 2. The SMILES string of the molecule is Cc1cc(Oc2ccc(C(C)(C)C)cc2C)c(Br)cc1N. The molecule has 21 heavy (non-hydrogen) atoms. The van der Waals surface area contributed by atoms with Gasteiger partial charge in [0.15, 0.2) is 0 Å². The van der Waals surface area contributed by atoms with Crippen LogP contribution < -0.4 is 10.5 Å². The van der Waals surface area contributed by atoms with E-state index in [9.17, 15) is 0 Å². The fraction of sp³-hybridized carbons (Fsp3) is 0.333. The molecule has 0 radical (unpaired) electrons. The van der Waals surface area contributed by atoms with Crippen molar-refractivity contribution in [2.75, 3.05) is 5.73 Å². The molecule has 2 N–H and O–H groups in total. The van der Waals surface area contributed by atoms with Gasteiger partial charge in [0.25, 0.3) is 0 Å². The Balaban J connectivity index is 2.35. The zero-order valence-electron chi connectivity index (χ0n) is 13.3. The van der Waals surface area contributed by atoms with Crippen LogP contribution in [-0.4, -0.2) is 0 Å². The summed E-state index contributed by atoms with van der Waals surface area (Å²) in [5.41, 5.74) is 10.2. The molecule has 0 saturated heterocycles. The maximum atomic E-state index is 6.04. The van der Waals surface area contributed by atoms with Crippen molar-refractivity contribution >= 4 is 21.6 Å². The first-order valence-corrected chi connectivity index (χ1v) is 7.82. The molecule has 0 bridgehead atoms. The lowest BCUT2D eigenvalue weighted by molar-refractivity contribution is 0.474. The molecular formula is C18H22BrNO. The lowest BCUT2D eigenvalue weighted by Crippen LogP contribution is -2.11. The van der Waals surface area contributed by atoms with Crippen LogP contribution in [0.5, 0.6) is 11.5 Å². The quantitative estimate of drug-likeness (QED) is 0.703. The normalized spacial score (nSPS) is 11.5. The van der Waals surface area contributed by atoms with Gasteiger partial charge in [0.05, 0.1) is 4.47 Å². The maximum Gasteiger partial charge on any atom is 0.142 e. The van der Waals surface area contributed by atoms with E-state index in [2.05, 4.69) is 55.8 Å². The Kier molecular flexibility index (Phi) is 4.33. The molecule has 2 rings (SSSR count). The fourth-order valence-corrected chi connectivity index (χ4v) is 2.54. The summed E-state index contributed by atoms with van der Waals surface area (Å²) in [5.74, 6) is 1.65. The van der Waals surface area contributed by atoms with Crippen LogP contribution in [0.3, 0.4) is 0 Å². The molecule has 2 aromatic rings. The van der Waals surface area contributed by atoms with Crippen molar-refractivity contribution in [2.45, 2.75) is 40.0 Å². The highest BCUT2D eigenvalue weighted by Gasteiger charge is 2.15. The van der Waals surface area contributed by atoms with Crippen molar-refractivity contribution in [1.29, 1.82) is 0 Å². The number of nitrogens with two attached hydrogens (primary N) is 1. The first-order chi connectivity index (χ1) is 9.68. The molecule has 0 aliphatic rings. The minimum absolute atomic E-state index is 0.141. The highest BCUT2D eigenvalue weighted by molar-refractivity contribution is 9.10. The predicted octanol–water partition coefficient (Wildman–Crippen LogP) is 5.74. The van der Waals surface area contributed by atoms with Crippen molar-refractivity contribution < 1.29 is 4.74 Å². The number of halogens is 1. The van der Waals surface area contributed by atoms with Gasteiger partial charge in [-0.25, -0.2) is 0 Å². The molecule has 0 atom stereocenters. The largest absolute Gasteiger partial charge is 0.456 e. The van der Waals surface area contributed by atoms with Gasteiger partial charge in [-0.2, -0.15) is 0 Å². The second kappa shape index (κ2) is 5.72. The summed E-state index contributed by atoms with van der Waals surface area (Å²) in [6.07, 6.45) is 0. The monoisotopic (exact) mass is 347 g/mol. The second-order valence-corrected chi connectivity index (χ2v) is 7.33. The third-order valence-corrected chi connectivity index (χ3v) is 4.20. The van der Waals surface area contributed by atoms with Crippen LogP contribution in [-0.2, 0) is 5.41 Å². The van der Waals surface area contributed by atoms with Crippen molar-refractivity contribution in [2.24, 2.45) is 0 Å². The minimum Gasteiger partial charge on any atom is -0.456 e. The summed E-state index contributed by atoms with van der Waals surface area (Å²) < 4.78 is 6.91. The van der Waals surface area contributed by atoms with Crippen LogP contribution >= 0.6 is 15.9 Å². The number of benzene rings is 2. The van der Waals surface area contributed by atoms with Gasteiger partial charge in [-0.15, -0.1) is 0 Å². The number of ether oxygens (including phenoxy) is 1. The zero-order valence-corrected chi connectivity index (χ0v) is 14.8. The third kappa shape index (κ3) is 3.59. The van der Waals surface area contributed by atoms with E-state index in [1.54, 1.807) is 0 Å². The smallest absolute Gasteiger partial charge is 0.142 e. The Morgan fingerprint density at radius 3 is 2.19 bits per heavy atom. The molecule has 0 aliphatic carbocycles. The Morgan fingerprint density at radius 2 is 1.62 bits per heavy atom. The van der Waals surface area contributed by atoms with E-state index in [1.165, 1.54) is 5.56 Å². The predicted molar refractivity (Wildman–Crippen MR) is 93.2 cm³/mol. The van der Waals surface area contributed by atoms with Crippen molar-refractivity contribution in [1.82, 2.24) is 0 Å². The van der Waals surface area contributed by atoms with E-state index in [4.69, 9.17) is 10.5 Å². The van der Waals surface area contributed by atoms with Crippen LogP contribution in [0, 0.1) is 13.8 Å². The highest BCUT2D eigenvalue weighted by atomic mass is 79.9. The van der Waals surface area contributed by atoms with Gasteiger partial charge < -0.3 is 10.5 Å².